The summed E-state index contributed by atoms with van der Waals surface area (Å²) in [6, 6.07) is 9.92. The van der Waals surface area contributed by atoms with Gasteiger partial charge in [0.1, 0.15) is 5.52 Å². The third kappa shape index (κ3) is 4.16. The number of hydrogen-bond donors (Lipinski definition) is 0. The van der Waals surface area contributed by atoms with Crippen LogP contribution in [0.2, 0.25) is 0 Å². The molecule has 4 aromatic rings. The minimum Gasteiger partial charge on any atom is -0.338 e. The molecule has 0 bridgehead atoms. The number of fused-ring (bicyclic) bond motifs is 1. The molecule has 0 N–H and O–H groups in total. The Balaban J connectivity index is 1.34. The van der Waals surface area contributed by atoms with Gasteiger partial charge in [0.15, 0.2) is 5.82 Å². The van der Waals surface area contributed by atoms with E-state index < -0.39 is 0 Å². The second kappa shape index (κ2) is 8.11. The first-order valence-electron chi connectivity index (χ1n) is 10.7. The Hall–Kier alpha value is -3.26. The van der Waals surface area contributed by atoms with Crippen LogP contribution in [0.5, 0.6) is 0 Å². The molecule has 1 aliphatic heterocycles. The lowest BCUT2D eigenvalue weighted by Gasteiger charge is -2.28. The molecular formula is C23H26N6O2. The minimum atomic E-state index is -0.135. The fourth-order valence-electron chi connectivity index (χ4n) is 4.00. The van der Waals surface area contributed by atoms with Crippen LogP contribution in [0, 0.1) is 12.8 Å². The lowest BCUT2D eigenvalue weighted by Crippen LogP contribution is -2.32. The van der Waals surface area contributed by atoms with Crippen LogP contribution >= 0.6 is 0 Å². The van der Waals surface area contributed by atoms with Crippen molar-refractivity contribution in [3.05, 3.63) is 70.4 Å². The summed E-state index contributed by atoms with van der Waals surface area (Å²) in [6.07, 6.45) is 5.90. The van der Waals surface area contributed by atoms with E-state index in [1.807, 2.05) is 37.3 Å². The lowest BCUT2D eigenvalue weighted by atomic mass is 9.99. The van der Waals surface area contributed by atoms with E-state index >= 15 is 0 Å². The predicted octanol–water partition coefficient (Wildman–Crippen LogP) is 3.13. The molecule has 0 radical (unpaired) electrons. The highest BCUT2D eigenvalue weighted by Gasteiger charge is 2.18. The average molecular weight is 419 g/mol. The fraction of sp³-hybridized carbons (Fsp3) is 0.391. The molecular weight excluding hydrogens is 392 g/mol. The summed E-state index contributed by atoms with van der Waals surface area (Å²) in [5, 5.41) is 8.62. The zero-order valence-electron chi connectivity index (χ0n) is 17.9. The molecule has 1 fully saturated rings. The minimum absolute atomic E-state index is 0.135. The number of aromatic nitrogens is 5. The lowest BCUT2D eigenvalue weighted by molar-refractivity contribution is 0.165. The van der Waals surface area contributed by atoms with Crippen LogP contribution in [-0.2, 0) is 13.1 Å². The van der Waals surface area contributed by atoms with Crippen molar-refractivity contribution in [1.82, 2.24) is 29.2 Å². The van der Waals surface area contributed by atoms with Crippen molar-refractivity contribution in [2.24, 2.45) is 5.92 Å². The van der Waals surface area contributed by atoms with Gasteiger partial charge in [0.25, 0.3) is 5.56 Å². The van der Waals surface area contributed by atoms with Gasteiger partial charge in [-0.15, -0.1) is 0 Å². The Labute approximate surface area is 180 Å². The van der Waals surface area contributed by atoms with Crippen LogP contribution in [0.4, 0.5) is 0 Å². The molecule has 8 nitrogen and oxygen atoms in total. The standard InChI is InChI=1S/C23H26N6O2/c1-16-3-5-18(6-4-16)19-13-20-23(30)28(11-12-29(20)25-19)14-21-24-22(31-26-21)15-27-9-7-17(2)8-10-27/h3-6,11-13,17H,7-10,14-15H2,1-2H3. The van der Waals surface area contributed by atoms with E-state index in [4.69, 9.17) is 4.52 Å². The van der Waals surface area contributed by atoms with Crippen molar-refractivity contribution < 1.29 is 4.52 Å². The number of likely N-dealkylation sites (tertiary alicyclic amines) is 1. The molecule has 0 unspecified atom stereocenters. The van der Waals surface area contributed by atoms with Crippen LogP contribution in [0.1, 0.15) is 37.0 Å². The number of rotatable bonds is 5. The monoisotopic (exact) mass is 418 g/mol. The average Bonchev–Trinajstić information content (AvgIpc) is 3.40. The summed E-state index contributed by atoms with van der Waals surface area (Å²) in [4.78, 5) is 19.8. The normalized spacial score (nSPS) is 15.7. The molecule has 1 aliphatic rings. The van der Waals surface area contributed by atoms with Crippen molar-refractivity contribution in [3.8, 4) is 11.3 Å². The van der Waals surface area contributed by atoms with Crippen LogP contribution in [0.15, 0.2) is 52.0 Å². The number of hydrogen-bond acceptors (Lipinski definition) is 6. The molecule has 8 heteroatoms. The van der Waals surface area contributed by atoms with E-state index in [-0.39, 0.29) is 12.1 Å². The maximum Gasteiger partial charge on any atom is 0.277 e. The van der Waals surface area contributed by atoms with Crippen LogP contribution < -0.4 is 5.56 Å². The Kier molecular flexibility index (Phi) is 5.15. The summed E-state index contributed by atoms with van der Waals surface area (Å²) in [5.41, 5.74) is 3.32. The highest BCUT2D eigenvalue weighted by molar-refractivity contribution is 5.65. The maximum atomic E-state index is 13.0. The Morgan fingerprint density at radius 1 is 1.10 bits per heavy atom. The van der Waals surface area contributed by atoms with Gasteiger partial charge in [0, 0.05) is 18.0 Å². The van der Waals surface area contributed by atoms with Crippen LogP contribution in [0.3, 0.4) is 0 Å². The van der Waals surface area contributed by atoms with E-state index in [1.54, 1.807) is 21.5 Å². The molecule has 0 saturated carbocycles. The largest absolute Gasteiger partial charge is 0.338 e. The Morgan fingerprint density at radius 2 is 1.87 bits per heavy atom. The number of aryl methyl sites for hydroxylation is 1. The van der Waals surface area contributed by atoms with Crippen molar-refractivity contribution in [2.45, 2.75) is 39.8 Å². The molecule has 160 valence electrons. The smallest absolute Gasteiger partial charge is 0.277 e. The Bertz CT molecular complexity index is 1250. The van der Waals surface area contributed by atoms with Gasteiger partial charge in [-0.25, -0.2) is 4.52 Å². The topological polar surface area (TPSA) is 81.5 Å². The molecule has 1 aromatic carbocycles. The predicted molar refractivity (Wildman–Crippen MR) is 117 cm³/mol. The molecule has 4 heterocycles. The van der Waals surface area contributed by atoms with Crippen LogP contribution in [0.25, 0.3) is 16.8 Å². The van der Waals surface area contributed by atoms with E-state index in [0.717, 1.165) is 30.3 Å². The third-order valence-corrected chi connectivity index (χ3v) is 6.01. The van der Waals surface area contributed by atoms with Crippen molar-refractivity contribution in [2.75, 3.05) is 13.1 Å². The summed E-state index contributed by atoms with van der Waals surface area (Å²) in [5.74, 6) is 1.89. The first-order chi connectivity index (χ1) is 15.0. The number of piperidine rings is 1. The zero-order valence-corrected chi connectivity index (χ0v) is 17.9. The third-order valence-electron chi connectivity index (χ3n) is 6.01. The fourth-order valence-corrected chi connectivity index (χ4v) is 4.00. The van der Waals surface area contributed by atoms with Gasteiger partial charge in [-0.1, -0.05) is 41.9 Å². The zero-order chi connectivity index (χ0) is 21.4. The van der Waals surface area contributed by atoms with E-state index in [2.05, 4.69) is 27.1 Å². The van der Waals surface area contributed by atoms with Gasteiger partial charge in [0.05, 0.1) is 18.8 Å². The SMILES string of the molecule is Cc1ccc(-c2cc3c(=O)n(Cc4noc(CN5CCC(C)CC5)n4)ccn3n2)cc1. The summed E-state index contributed by atoms with van der Waals surface area (Å²) < 4.78 is 8.64. The molecule has 31 heavy (non-hydrogen) atoms. The first kappa shape index (κ1) is 19.7. The van der Waals surface area contributed by atoms with Gasteiger partial charge in [-0.2, -0.15) is 10.1 Å². The second-order valence-electron chi connectivity index (χ2n) is 8.52. The highest BCUT2D eigenvalue weighted by atomic mass is 16.5. The number of nitrogens with zero attached hydrogens (tertiary/aromatic N) is 6. The molecule has 0 atom stereocenters. The second-order valence-corrected chi connectivity index (χ2v) is 8.52. The van der Waals surface area contributed by atoms with Gasteiger partial charge in [-0.05, 0) is 44.8 Å². The molecule has 0 amide bonds. The summed E-state index contributed by atoms with van der Waals surface area (Å²) in [6.45, 7) is 7.37. The summed E-state index contributed by atoms with van der Waals surface area (Å²) in [7, 11) is 0. The van der Waals surface area contributed by atoms with Crippen molar-refractivity contribution in [3.63, 3.8) is 0 Å². The quantitative estimate of drug-likeness (QED) is 0.495. The Morgan fingerprint density at radius 3 is 2.65 bits per heavy atom. The van der Waals surface area contributed by atoms with Crippen molar-refractivity contribution >= 4 is 5.52 Å². The highest BCUT2D eigenvalue weighted by Crippen LogP contribution is 2.19. The number of benzene rings is 1. The molecule has 0 aliphatic carbocycles. The van der Waals surface area contributed by atoms with E-state index in [9.17, 15) is 4.79 Å². The van der Waals surface area contributed by atoms with Gasteiger partial charge in [0.2, 0.25) is 5.89 Å². The van der Waals surface area contributed by atoms with Gasteiger partial charge >= 0.3 is 0 Å². The van der Waals surface area contributed by atoms with Gasteiger partial charge < -0.3 is 9.09 Å². The molecule has 5 rings (SSSR count). The summed E-state index contributed by atoms with van der Waals surface area (Å²) >= 11 is 0. The molecule has 1 saturated heterocycles. The van der Waals surface area contributed by atoms with Crippen molar-refractivity contribution in [1.29, 1.82) is 0 Å². The van der Waals surface area contributed by atoms with Crippen LogP contribution in [-0.4, -0.2) is 42.3 Å². The van der Waals surface area contributed by atoms with Gasteiger partial charge in [-0.3, -0.25) is 9.69 Å². The first-order valence-corrected chi connectivity index (χ1v) is 10.7. The molecule has 0 spiro atoms. The molecule has 3 aromatic heterocycles. The van der Waals surface area contributed by atoms with E-state index in [0.29, 0.717) is 23.8 Å². The van der Waals surface area contributed by atoms with E-state index in [1.165, 1.54) is 18.4 Å². The maximum absolute atomic E-state index is 13.0.